The molecule has 0 saturated heterocycles. The van der Waals surface area contributed by atoms with Crippen molar-refractivity contribution in [2.75, 3.05) is 7.11 Å². The van der Waals surface area contributed by atoms with Crippen LogP contribution in [0.15, 0.2) is 24.3 Å². The minimum Gasteiger partial charge on any atom is -0.497 e. The van der Waals surface area contributed by atoms with Crippen LogP contribution in [0.4, 0.5) is 0 Å². The molecular weight excluding hydrogens is 214 g/mol. The first-order chi connectivity index (χ1) is 8.08. The molecule has 1 rings (SSSR count). The summed E-state index contributed by atoms with van der Waals surface area (Å²) in [5.74, 6) is 0.836. The van der Waals surface area contributed by atoms with Gasteiger partial charge in [0.2, 0.25) is 0 Å². The van der Waals surface area contributed by atoms with E-state index in [1.807, 2.05) is 38.1 Å². The van der Waals surface area contributed by atoms with E-state index >= 15 is 0 Å². The Bertz CT molecular complexity index is 339. The molecular formula is C14H23NO2. The van der Waals surface area contributed by atoms with E-state index in [4.69, 9.17) is 15.2 Å². The number of rotatable bonds is 6. The molecule has 3 nitrogen and oxygen atoms in total. The first kappa shape index (κ1) is 14.0. The summed E-state index contributed by atoms with van der Waals surface area (Å²) in [5, 5.41) is 0. The molecule has 0 aliphatic heterocycles. The Morgan fingerprint density at radius 3 is 2.53 bits per heavy atom. The maximum absolute atomic E-state index is 6.12. The van der Waals surface area contributed by atoms with Crippen molar-refractivity contribution >= 4 is 0 Å². The lowest BCUT2D eigenvalue weighted by molar-refractivity contribution is -0.00907. The van der Waals surface area contributed by atoms with Crippen LogP contribution in [0.3, 0.4) is 0 Å². The van der Waals surface area contributed by atoms with Gasteiger partial charge in [-0.15, -0.1) is 0 Å². The zero-order chi connectivity index (χ0) is 12.8. The van der Waals surface area contributed by atoms with Crippen LogP contribution in [0.25, 0.3) is 0 Å². The Hall–Kier alpha value is -1.06. The molecule has 0 aliphatic rings. The average molecular weight is 237 g/mol. The molecule has 1 aromatic rings. The van der Waals surface area contributed by atoms with Crippen LogP contribution in [-0.2, 0) is 4.74 Å². The standard InChI is InChI=1S/C14H23NO2/c1-5-13(15)14(17-10(2)3)11-7-6-8-12(9-11)16-4/h6-10,13-14H,5,15H2,1-4H3. The van der Waals surface area contributed by atoms with Gasteiger partial charge < -0.3 is 15.2 Å². The second-order valence-electron chi connectivity index (χ2n) is 4.45. The van der Waals surface area contributed by atoms with Crippen molar-refractivity contribution in [3.63, 3.8) is 0 Å². The Morgan fingerprint density at radius 1 is 1.29 bits per heavy atom. The van der Waals surface area contributed by atoms with Gasteiger partial charge in [-0.2, -0.15) is 0 Å². The van der Waals surface area contributed by atoms with Crippen LogP contribution in [0, 0.1) is 0 Å². The molecule has 3 heteroatoms. The third-order valence-electron chi connectivity index (χ3n) is 2.70. The molecule has 2 unspecified atom stereocenters. The first-order valence-electron chi connectivity index (χ1n) is 6.13. The third-order valence-corrected chi connectivity index (χ3v) is 2.70. The Morgan fingerprint density at radius 2 is 2.00 bits per heavy atom. The minimum atomic E-state index is -0.0740. The zero-order valence-electron chi connectivity index (χ0n) is 11.1. The fraction of sp³-hybridized carbons (Fsp3) is 0.571. The van der Waals surface area contributed by atoms with Gasteiger partial charge in [0, 0.05) is 6.04 Å². The fourth-order valence-corrected chi connectivity index (χ4v) is 1.75. The number of hydrogen-bond donors (Lipinski definition) is 1. The summed E-state index contributed by atoms with van der Waals surface area (Å²) in [4.78, 5) is 0. The summed E-state index contributed by atoms with van der Waals surface area (Å²) in [6.07, 6.45) is 0.966. The molecule has 96 valence electrons. The maximum atomic E-state index is 6.12. The molecule has 1 aromatic carbocycles. The zero-order valence-corrected chi connectivity index (χ0v) is 11.1. The molecule has 0 fully saturated rings. The smallest absolute Gasteiger partial charge is 0.119 e. The summed E-state index contributed by atoms with van der Waals surface area (Å²) in [7, 11) is 1.66. The van der Waals surface area contributed by atoms with E-state index in [1.54, 1.807) is 7.11 Å². The predicted octanol–water partition coefficient (Wildman–Crippen LogP) is 2.90. The molecule has 0 spiro atoms. The van der Waals surface area contributed by atoms with E-state index in [2.05, 4.69) is 6.92 Å². The van der Waals surface area contributed by atoms with Crippen molar-refractivity contribution in [1.82, 2.24) is 0 Å². The van der Waals surface area contributed by atoms with Crippen molar-refractivity contribution < 1.29 is 9.47 Å². The Labute approximate surface area is 104 Å². The van der Waals surface area contributed by atoms with Crippen molar-refractivity contribution in [2.24, 2.45) is 5.73 Å². The highest BCUT2D eigenvalue weighted by Gasteiger charge is 2.20. The Kier molecular flexibility index (Phi) is 5.45. The van der Waals surface area contributed by atoms with E-state index < -0.39 is 0 Å². The lowest BCUT2D eigenvalue weighted by atomic mass is 10.0. The molecule has 0 radical (unpaired) electrons. The van der Waals surface area contributed by atoms with E-state index in [-0.39, 0.29) is 18.2 Å². The van der Waals surface area contributed by atoms with Gasteiger partial charge in [0.1, 0.15) is 5.75 Å². The molecule has 0 saturated carbocycles. The highest BCUT2D eigenvalue weighted by molar-refractivity contribution is 5.30. The third kappa shape index (κ3) is 4.02. The quantitative estimate of drug-likeness (QED) is 0.827. The Balaban J connectivity index is 2.94. The highest BCUT2D eigenvalue weighted by atomic mass is 16.5. The summed E-state index contributed by atoms with van der Waals surface area (Å²) in [6, 6.07) is 7.92. The fourth-order valence-electron chi connectivity index (χ4n) is 1.75. The van der Waals surface area contributed by atoms with Crippen LogP contribution < -0.4 is 10.5 Å². The van der Waals surface area contributed by atoms with Crippen LogP contribution >= 0.6 is 0 Å². The van der Waals surface area contributed by atoms with Gasteiger partial charge >= 0.3 is 0 Å². The van der Waals surface area contributed by atoms with Crippen LogP contribution in [0.2, 0.25) is 0 Å². The van der Waals surface area contributed by atoms with Gasteiger partial charge in [0.15, 0.2) is 0 Å². The monoisotopic (exact) mass is 237 g/mol. The maximum Gasteiger partial charge on any atom is 0.119 e. The summed E-state index contributed by atoms with van der Waals surface area (Å²) < 4.78 is 11.1. The summed E-state index contributed by atoms with van der Waals surface area (Å²) >= 11 is 0. The van der Waals surface area contributed by atoms with Gasteiger partial charge in [-0.05, 0) is 38.0 Å². The number of methoxy groups -OCH3 is 1. The minimum absolute atomic E-state index is 0.00417. The first-order valence-corrected chi connectivity index (χ1v) is 6.13. The van der Waals surface area contributed by atoms with Gasteiger partial charge in [0.05, 0.1) is 19.3 Å². The molecule has 0 heterocycles. The second kappa shape index (κ2) is 6.62. The van der Waals surface area contributed by atoms with Crippen molar-refractivity contribution in [2.45, 2.75) is 45.4 Å². The van der Waals surface area contributed by atoms with Crippen LogP contribution in [0.1, 0.15) is 38.9 Å². The number of ether oxygens (including phenoxy) is 2. The van der Waals surface area contributed by atoms with Crippen LogP contribution in [-0.4, -0.2) is 19.3 Å². The molecule has 0 aliphatic carbocycles. The highest BCUT2D eigenvalue weighted by Crippen LogP contribution is 2.26. The topological polar surface area (TPSA) is 44.5 Å². The number of nitrogens with two attached hydrogens (primary N) is 1. The van der Waals surface area contributed by atoms with E-state index in [0.717, 1.165) is 17.7 Å². The van der Waals surface area contributed by atoms with Gasteiger partial charge in [-0.1, -0.05) is 19.1 Å². The summed E-state index contributed by atoms with van der Waals surface area (Å²) in [5.41, 5.74) is 7.20. The lowest BCUT2D eigenvalue weighted by Crippen LogP contribution is -2.31. The molecule has 0 aromatic heterocycles. The summed E-state index contributed by atoms with van der Waals surface area (Å²) in [6.45, 7) is 6.12. The van der Waals surface area contributed by atoms with E-state index in [1.165, 1.54) is 0 Å². The SMILES string of the molecule is CCC(N)C(OC(C)C)c1cccc(OC)c1. The predicted molar refractivity (Wildman–Crippen MR) is 70.2 cm³/mol. The largest absolute Gasteiger partial charge is 0.497 e. The molecule has 0 amide bonds. The van der Waals surface area contributed by atoms with Gasteiger partial charge in [-0.25, -0.2) is 0 Å². The van der Waals surface area contributed by atoms with Crippen LogP contribution in [0.5, 0.6) is 5.75 Å². The van der Waals surface area contributed by atoms with E-state index in [0.29, 0.717) is 0 Å². The van der Waals surface area contributed by atoms with Crippen molar-refractivity contribution in [3.8, 4) is 5.75 Å². The van der Waals surface area contributed by atoms with Gasteiger partial charge in [0.25, 0.3) is 0 Å². The average Bonchev–Trinajstić information content (AvgIpc) is 2.35. The normalized spacial score (nSPS) is 14.7. The molecule has 0 bridgehead atoms. The van der Waals surface area contributed by atoms with Gasteiger partial charge in [-0.3, -0.25) is 0 Å². The van der Waals surface area contributed by atoms with Crippen molar-refractivity contribution in [1.29, 1.82) is 0 Å². The lowest BCUT2D eigenvalue weighted by Gasteiger charge is -2.26. The van der Waals surface area contributed by atoms with Crippen molar-refractivity contribution in [3.05, 3.63) is 29.8 Å². The molecule has 2 N–H and O–H groups in total. The molecule has 17 heavy (non-hydrogen) atoms. The number of benzene rings is 1. The second-order valence-corrected chi connectivity index (χ2v) is 4.45. The molecule has 2 atom stereocenters. The van der Waals surface area contributed by atoms with E-state index in [9.17, 15) is 0 Å². The number of hydrogen-bond acceptors (Lipinski definition) is 3.